The molecule has 3 unspecified atom stereocenters. The lowest BCUT2D eigenvalue weighted by molar-refractivity contribution is 0.0696. The van der Waals surface area contributed by atoms with Crippen LogP contribution in [0.15, 0.2) is 0 Å². The van der Waals surface area contributed by atoms with Gasteiger partial charge >= 0.3 is 0 Å². The Morgan fingerprint density at radius 2 is 1.60 bits per heavy atom. The van der Waals surface area contributed by atoms with Crippen LogP contribution in [0.3, 0.4) is 0 Å². The van der Waals surface area contributed by atoms with Crippen molar-refractivity contribution in [2.45, 2.75) is 83.1 Å². The third-order valence-corrected chi connectivity index (χ3v) is 6.56. The molecular weight excluding hydrogens is 246 g/mol. The molecule has 0 aromatic carbocycles. The maximum Gasteiger partial charge on any atom is 0.0499 e. The number of hydrogen-bond donors (Lipinski definition) is 2. The molecule has 0 heterocycles. The van der Waals surface area contributed by atoms with Crippen molar-refractivity contribution in [3.8, 4) is 0 Å². The number of aliphatic hydroxyl groups is 1. The highest BCUT2D eigenvalue weighted by Gasteiger charge is 2.35. The van der Waals surface area contributed by atoms with Gasteiger partial charge in [-0.05, 0) is 43.9 Å². The zero-order valence-corrected chi connectivity index (χ0v) is 13.1. The number of aliphatic hydroxyl groups excluding tert-OH is 1. The van der Waals surface area contributed by atoms with Crippen LogP contribution in [0.25, 0.3) is 0 Å². The Morgan fingerprint density at radius 3 is 2.35 bits per heavy atom. The molecule has 0 amide bonds. The first-order chi connectivity index (χ1) is 9.81. The van der Waals surface area contributed by atoms with Crippen LogP contribution in [0.4, 0.5) is 0 Å². The number of hydrogen-bond acceptors (Lipinski definition) is 2. The molecule has 0 radical (unpaired) electrons. The maximum absolute atomic E-state index is 9.82. The van der Waals surface area contributed by atoms with Crippen molar-refractivity contribution in [3.05, 3.63) is 0 Å². The van der Waals surface area contributed by atoms with E-state index in [2.05, 4.69) is 5.32 Å². The summed E-state index contributed by atoms with van der Waals surface area (Å²) in [5.74, 6) is 2.05. The van der Waals surface area contributed by atoms with Crippen molar-refractivity contribution in [2.24, 2.45) is 17.3 Å². The van der Waals surface area contributed by atoms with E-state index in [4.69, 9.17) is 0 Å². The van der Waals surface area contributed by atoms with E-state index in [9.17, 15) is 5.11 Å². The molecule has 0 bridgehead atoms. The van der Waals surface area contributed by atoms with E-state index < -0.39 is 0 Å². The summed E-state index contributed by atoms with van der Waals surface area (Å²) >= 11 is 0. The summed E-state index contributed by atoms with van der Waals surface area (Å²) in [4.78, 5) is 0. The summed E-state index contributed by atoms with van der Waals surface area (Å²) in [5.41, 5.74) is 0.210. The number of rotatable bonds is 4. The second-order valence-corrected chi connectivity index (χ2v) is 7.91. The van der Waals surface area contributed by atoms with Gasteiger partial charge in [0.1, 0.15) is 0 Å². The normalized spacial score (nSPS) is 37.4. The molecule has 116 valence electrons. The van der Waals surface area contributed by atoms with Gasteiger partial charge in [-0.1, -0.05) is 44.9 Å². The van der Waals surface area contributed by atoms with Crippen molar-refractivity contribution >= 4 is 0 Å². The van der Waals surface area contributed by atoms with Gasteiger partial charge in [0.15, 0.2) is 0 Å². The molecular formula is C18H33NO. The van der Waals surface area contributed by atoms with Crippen LogP contribution in [0.5, 0.6) is 0 Å². The molecule has 0 aromatic heterocycles. The summed E-state index contributed by atoms with van der Waals surface area (Å²) < 4.78 is 0. The molecule has 2 N–H and O–H groups in total. The summed E-state index contributed by atoms with van der Waals surface area (Å²) in [6.07, 6.45) is 16.6. The second-order valence-electron chi connectivity index (χ2n) is 7.91. The predicted molar refractivity (Wildman–Crippen MR) is 83.7 cm³/mol. The minimum atomic E-state index is 0.210. The first-order valence-electron chi connectivity index (χ1n) is 9.16. The van der Waals surface area contributed by atoms with Crippen LogP contribution in [0.2, 0.25) is 0 Å². The molecule has 0 spiro atoms. The molecule has 3 rings (SSSR count). The van der Waals surface area contributed by atoms with Crippen molar-refractivity contribution in [3.63, 3.8) is 0 Å². The van der Waals surface area contributed by atoms with E-state index in [1.807, 2.05) is 0 Å². The molecule has 3 saturated carbocycles. The first-order valence-corrected chi connectivity index (χ1v) is 9.16. The topological polar surface area (TPSA) is 32.3 Å². The van der Waals surface area contributed by atoms with E-state index in [1.165, 1.54) is 77.0 Å². The lowest BCUT2D eigenvalue weighted by Crippen LogP contribution is -2.46. The van der Waals surface area contributed by atoms with Gasteiger partial charge in [0, 0.05) is 24.6 Å². The van der Waals surface area contributed by atoms with Crippen molar-refractivity contribution in [2.75, 3.05) is 13.2 Å². The lowest BCUT2D eigenvalue weighted by atomic mass is 9.69. The Hall–Kier alpha value is -0.0800. The standard InChI is InChI=1S/C18H33NO/c20-14-18(10-4-1-5-11-18)13-19-17-9-8-15-6-2-3-7-16(15)12-17/h15-17,19-20H,1-14H2. The molecule has 3 fully saturated rings. The zero-order valence-electron chi connectivity index (χ0n) is 13.1. The average molecular weight is 279 g/mol. The highest BCUT2D eigenvalue weighted by atomic mass is 16.3. The van der Waals surface area contributed by atoms with E-state index >= 15 is 0 Å². The molecule has 0 aliphatic heterocycles. The summed E-state index contributed by atoms with van der Waals surface area (Å²) in [6, 6.07) is 0.736. The highest BCUT2D eigenvalue weighted by Crippen LogP contribution is 2.41. The van der Waals surface area contributed by atoms with Crippen LogP contribution in [0, 0.1) is 17.3 Å². The molecule has 3 aliphatic rings. The fraction of sp³-hybridized carbons (Fsp3) is 1.00. The van der Waals surface area contributed by atoms with Gasteiger partial charge in [-0.15, -0.1) is 0 Å². The van der Waals surface area contributed by atoms with Crippen LogP contribution >= 0.6 is 0 Å². The van der Waals surface area contributed by atoms with Gasteiger partial charge in [0.2, 0.25) is 0 Å². The molecule has 20 heavy (non-hydrogen) atoms. The molecule has 2 nitrogen and oxygen atoms in total. The molecule has 2 heteroatoms. The Morgan fingerprint density at radius 1 is 0.850 bits per heavy atom. The van der Waals surface area contributed by atoms with Gasteiger partial charge in [-0.3, -0.25) is 0 Å². The highest BCUT2D eigenvalue weighted by molar-refractivity contribution is 4.90. The van der Waals surface area contributed by atoms with Crippen molar-refractivity contribution < 1.29 is 5.11 Å². The van der Waals surface area contributed by atoms with Crippen LogP contribution in [0.1, 0.15) is 77.0 Å². The van der Waals surface area contributed by atoms with Crippen molar-refractivity contribution in [1.29, 1.82) is 0 Å². The molecule has 3 atom stereocenters. The van der Waals surface area contributed by atoms with Crippen LogP contribution < -0.4 is 5.32 Å². The Balaban J connectivity index is 1.48. The van der Waals surface area contributed by atoms with Crippen molar-refractivity contribution in [1.82, 2.24) is 5.32 Å². The monoisotopic (exact) mass is 279 g/mol. The predicted octanol–water partition coefficient (Wildman–Crippen LogP) is 3.88. The van der Waals surface area contributed by atoms with Gasteiger partial charge in [-0.25, -0.2) is 0 Å². The zero-order chi connectivity index (χ0) is 13.8. The van der Waals surface area contributed by atoms with Crippen LogP contribution in [-0.4, -0.2) is 24.3 Å². The van der Waals surface area contributed by atoms with Crippen LogP contribution in [-0.2, 0) is 0 Å². The number of fused-ring (bicyclic) bond motifs is 1. The Labute approximate surface area is 124 Å². The number of nitrogens with one attached hydrogen (secondary N) is 1. The van der Waals surface area contributed by atoms with Gasteiger partial charge in [-0.2, -0.15) is 0 Å². The Bertz CT molecular complexity index is 298. The minimum Gasteiger partial charge on any atom is -0.396 e. The SMILES string of the molecule is OCC1(CNC2CCC3CCCCC3C2)CCCCC1. The molecule has 3 aliphatic carbocycles. The third-order valence-electron chi connectivity index (χ3n) is 6.56. The second kappa shape index (κ2) is 6.79. The van der Waals surface area contributed by atoms with Gasteiger partial charge in [0.25, 0.3) is 0 Å². The van der Waals surface area contributed by atoms with E-state index in [0.717, 1.165) is 24.4 Å². The first kappa shape index (κ1) is 14.8. The lowest BCUT2D eigenvalue weighted by Gasteiger charge is -2.42. The minimum absolute atomic E-state index is 0.210. The average Bonchev–Trinajstić information content (AvgIpc) is 2.54. The van der Waals surface area contributed by atoms with Gasteiger partial charge < -0.3 is 10.4 Å². The van der Waals surface area contributed by atoms with E-state index in [-0.39, 0.29) is 5.41 Å². The summed E-state index contributed by atoms with van der Waals surface area (Å²) in [5, 5.41) is 13.7. The fourth-order valence-electron chi connectivity index (χ4n) is 5.11. The largest absolute Gasteiger partial charge is 0.396 e. The molecule has 0 saturated heterocycles. The summed E-state index contributed by atoms with van der Waals surface area (Å²) in [6.45, 7) is 1.45. The summed E-state index contributed by atoms with van der Waals surface area (Å²) in [7, 11) is 0. The van der Waals surface area contributed by atoms with E-state index in [0.29, 0.717) is 6.61 Å². The quantitative estimate of drug-likeness (QED) is 0.818. The maximum atomic E-state index is 9.82. The van der Waals surface area contributed by atoms with Gasteiger partial charge in [0.05, 0.1) is 0 Å². The smallest absolute Gasteiger partial charge is 0.0499 e. The third kappa shape index (κ3) is 3.39. The Kier molecular flexibility index (Phi) is 5.04. The van der Waals surface area contributed by atoms with E-state index in [1.54, 1.807) is 0 Å². The molecule has 0 aromatic rings. The fourth-order valence-corrected chi connectivity index (χ4v) is 5.11.